The minimum Gasteiger partial charge on any atom is -0.373 e. The van der Waals surface area contributed by atoms with Crippen LogP contribution in [-0.2, 0) is 4.74 Å². The van der Waals surface area contributed by atoms with Crippen molar-refractivity contribution in [2.24, 2.45) is 5.92 Å². The van der Waals surface area contributed by atoms with E-state index in [2.05, 4.69) is 25.9 Å². The average molecular weight is 390 g/mol. The first kappa shape index (κ1) is 16.7. The van der Waals surface area contributed by atoms with Gasteiger partial charge in [0.25, 0.3) is 0 Å². The first-order valence-corrected chi connectivity index (χ1v) is 8.01. The lowest BCUT2D eigenvalue weighted by Gasteiger charge is -2.19. The number of ether oxygens (including phenoxy) is 1. The molecule has 0 aliphatic heterocycles. The van der Waals surface area contributed by atoms with Crippen LogP contribution in [0.3, 0.4) is 0 Å². The molecule has 112 valence electrons. The summed E-state index contributed by atoms with van der Waals surface area (Å²) in [6, 6.07) is 7.66. The maximum atomic E-state index is 6.33. The summed E-state index contributed by atoms with van der Waals surface area (Å²) in [5.41, 5.74) is 1.48. The fourth-order valence-electron chi connectivity index (χ4n) is 2.11. The number of hydrogen-bond donors (Lipinski definition) is 0. The second-order valence-corrected chi connectivity index (χ2v) is 6.49. The van der Waals surface area contributed by atoms with Gasteiger partial charge in [-0.2, -0.15) is 0 Å². The van der Waals surface area contributed by atoms with Crippen LogP contribution in [0.1, 0.15) is 25.8 Å². The van der Waals surface area contributed by atoms with Gasteiger partial charge < -0.3 is 4.74 Å². The molecule has 0 N–H and O–H groups in total. The van der Waals surface area contributed by atoms with E-state index in [1.807, 2.05) is 38.1 Å². The molecule has 1 heterocycles. The molecule has 3 nitrogen and oxygen atoms in total. The molecule has 6 heteroatoms. The van der Waals surface area contributed by atoms with Gasteiger partial charge in [-0.1, -0.05) is 71.2 Å². The normalized spacial score (nSPS) is 12.7. The van der Waals surface area contributed by atoms with Crippen molar-refractivity contribution in [2.45, 2.75) is 20.0 Å². The second-order valence-electron chi connectivity index (χ2n) is 4.92. The van der Waals surface area contributed by atoms with E-state index in [0.29, 0.717) is 21.7 Å². The van der Waals surface area contributed by atoms with Crippen LogP contribution in [-0.4, -0.2) is 17.1 Å². The van der Waals surface area contributed by atoms with Gasteiger partial charge in [0.15, 0.2) is 5.82 Å². The number of benzene rings is 1. The van der Waals surface area contributed by atoms with Crippen molar-refractivity contribution in [3.8, 4) is 11.1 Å². The van der Waals surface area contributed by atoms with Gasteiger partial charge in [0.05, 0.1) is 5.56 Å². The molecule has 0 aliphatic rings. The van der Waals surface area contributed by atoms with E-state index < -0.39 is 0 Å². The van der Waals surface area contributed by atoms with Gasteiger partial charge in [-0.25, -0.2) is 9.97 Å². The Labute approximate surface area is 142 Å². The van der Waals surface area contributed by atoms with Gasteiger partial charge in [0.1, 0.15) is 16.4 Å². The van der Waals surface area contributed by atoms with Gasteiger partial charge in [-0.3, -0.25) is 0 Å². The van der Waals surface area contributed by atoms with Crippen molar-refractivity contribution < 1.29 is 4.74 Å². The Hall–Kier alpha value is -0.680. The Morgan fingerprint density at radius 1 is 1.10 bits per heavy atom. The molecule has 0 spiro atoms. The molecule has 0 amide bonds. The molecule has 1 unspecified atom stereocenters. The third-order valence-electron chi connectivity index (χ3n) is 3.10. The van der Waals surface area contributed by atoms with Crippen molar-refractivity contribution >= 4 is 39.1 Å². The first-order valence-electron chi connectivity index (χ1n) is 6.46. The molecule has 21 heavy (non-hydrogen) atoms. The Bertz CT molecular complexity index is 626. The summed E-state index contributed by atoms with van der Waals surface area (Å²) in [5.74, 6) is 0.717. The highest BCUT2D eigenvalue weighted by Gasteiger charge is 2.22. The summed E-state index contributed by atoms with van der Waals surface area (Å²) in [6.07, 6.45) is -0.242. The van der Waals surface area contributed by atoms with E-state index in [0.717, 1.165) is 10.0 Å². The maximum absolute atomic E-state index is 6.33. The maximum Gasteiger partial charge on any atom is 0.160 e. The molecule has 0 saturated carbocycles. The molecule has 0 radical (unpaired) electrons. The lowest BCUT2D eigenvalue weighted by Crippen LogP contribution is -2.13. The number of nitrogens with zero attached hydrogens (tertiary/aromatic N) is 2. The van der Waals surface area contributed by atoms with Crippen molar-refractivity contribution in [2.75, 3.05) is 7.11 Å². The zero-order valence-electron chi connectivity index (χ0n) is 11.9. The van der Waals surface area contributed by atoms with Crippen molar-refractivity contribution in [1.82, 2.24) is 9.97 Å². The van der Waals surface area contributed by atoms with E-state index in [4.69, 9.17) is 27.9 Å². The molecule has 0 saturated heterocycles. The first-order chi connectivity index (χ1) is 9.95. The SMILES string of the molecule is COC(c1nc(Cl)c(-c2ccccc2Br)c(Cl)n1)C(C)C. The fraction of sp³-hybridized carbons (Fsp3) is 0.333. The van der Waals surface area contributed by atoms with Crippen molar-refractivity contribution in [3.05, 3.63) is 44.9 Å². The zero-order chi connectivity index (χ0) is 15.6. The standard InChI is InChI=1S/C15H15BrCl2N2O/c1-8(2)12(21-3)15-19-13(17)11(14(18)20-15)9-6-4-5-7-10(9)16/h4-8,12H,1-3H3. The molecule has 0 fully saturated rings. The molecule has 0 bridgehead atoms. The monoisotopic (exact) mass is 388 g/mol. The fourth-order valence-corrected chi connectivity index (χ4v) is 3.20. The molecule has 1 aromatic heterocycles. The third kappa shape index (κ3) is 3.57. The van der Waals surface area contributed by atoms with Crippen LogP contribution in [0.5, 0.6) is 0 Å². The molecule has 2 aromatic rings. The van der Waals surface area contributed by atoms with Crippen LogP contribution in [0.4, 0.5) is 0 Å². The van der Waals surface area contributed by atoms with Crippen molar-refractivity contribution in [3.63, 3.8) is 0 Å². The third-order valence-corrected chi connectivity index (χ3v) is 4.33. The highest BCUT2D eigenvalue weighted by molar-refractivity contribution is 9.10. The Balaban J connectivity index is 2.55. The number of methoxy groups -OCH3 is 1. The average Bonchev–Trinajstić information content (AvgIpc) is 2.40. The lowest BCUT2D eigenvalue weighted by atomic mass is 10.1. The zero-order valence-corrected chi connectivity index (χ0v) is 15.0. The van der Waals surface area contributed by atoms with Crippen molar-refractivity contribution in [1.29, 1.82) is 0 Å². The van der Waals surface area contributed by atoms with Gasteiger partial charge >= 0.3 is 0 Å². The van der Waals surface area contributed by atoms with Crippen LogP contribution < -0.4 is 0 Å². The summed E-state index contributed by atoms with van der Waals surface area (Å²) in [5, 5.41) is 0.638. The van der Waals surface area contributed by atoms with Crippen LogP contribution >= 0.6 is 39.1 Å². The number of rotatable bonds is 4. The summed E-state index contributed by atoms with van der Waals surface area (Å²) in [6.45, 7) is 4.06. The summed E-state index contributed by atoms with van der Waals surface area (Å²) in [4.78, 5) is 8.74. The summed E-state index contributed by atoms with van der Waals surface area (Å²) in [7, 11) is 1.62. The lowest BCUT2D eigenvalue weighted by molar-refractivity contribution is 0.0575. The quantitative estimate of drug-likeness (QED) is 0.642. The number of halogens is 3. The molecular weight excluding hydrogens is 375 g/mol. The Morgan fingerprint density at radius 2 is 1.67 bits per heavy atom. The minimum atomic E-state index is -0.242. The van der Waals surface area contributed by atoms with E-state index >= 15 is 0 Å². The molecule has 1 atom stereocenters. The summed E-state index contributed by atoms with van der Waals surface area (Å²) >= 11 is 16.2. The Morgan fingerprint density at radius 3 is 2.14 bits per heavy atom. The predicted octanol–water partition coefficient (Wildman–Crippen LogP) is 5.56. The van der Waals surface area contributed by atoms with E-state index in [1.54, 1.807) is 7.11 Å². The molecule has 2 rings (SSSR count). The van der Waals surface area contributed by atoms with E-state index in [1.165, 1.54) is 0 Å². The Kier molecular flexibility index (Phi) is 5.60. The highest BCUT2D eigenvalue weighted by atomic mass is 79.9. The molecule has 1 aromatic carbocycles. The van der Waals surface area contributed by atoms with Crippen LogP contribution in [0.2, 0.25) is 10.3 Å². The van der Waals surface area contributed by atoms with Gasteiger partial charge in [0.2, 0.25) is 0 Å². The molecular formula is C15H15BrCl2N2O. The van der Waals surface area contributed by atoms with Gasteiger partial charge in [0, 0.05) is 17.1 Å². The van der Waals surface area contributed by atoms with E-state index in [-0.39, 0.29) is 12.0 Å². The van der Waals surface area contributed by atoms with Gasteiger partial charge in [-0.05, 0) is 12.0 Å². The van der Waals surface area contributed by atoms with Gasteiger partial charge in [-0.15, -0.1) is 0 Å². The van der Waals surface area contributed by atoms with Crippen LogP contribution in [0, 0.1) is 5.92 Å². The molecule has 0 aliphatic carbocycles. The largest absolute Gasteiger partial charge is 0.373 e. The summed E-state index contributed by atoms with van der Waals surface area (Å²) < 4.78 is 6.31. The predicted molar refractivity (Wildman–Crippen MR) is 89.8 cm³/mol. The number of aromatic nitrogens is 2. The smallest absolute Gasteiger partial charge is 0.160 e. The van der Waals surface area contributed by atoms with Crippen LogP contribution in [0.25, 0.3) is 11.1 Å². The van der Waals surface area contributed by atoms with E-state index in [9.17, 15) is 0 Å². The second kappa shape index (κ2) is 7.05. The number of hydrogen-bond acceptors (Lipinski definition) is 3. The minimum absolute atomic E-state index is 0.219. The topological polar surface area (TPSA) is 35.0 Å². The highest BCUT2D eigenvalue weighted by Crippen LogP contribution is 2.38. The van der Waals surface area contributed by atoms with Crippen LogP contribution in [0.15, 0.2) is 28.7 Å².